The molecule has 16 nitrogen and oxygen atoms in total. The van der Waals surface area contributed by atoms with Gasteiger partial charge in [0.05, 0.1) is 42.6 Å². The Morgan fingerprint density at radius 2 is 1.76 bits per heavy atom. The number of sulfonamides is 1. The van der Waals surface area contributed by atoms with E-state index < -0.39 is 74.2 Å². The van der Waals surface area contributed by atoms with E-state index in [0.29, 0.717) is 54.0 Å². The van der Waals surface area contributed by atoms with Crippen LogP contribution in [0.1, 0.15) is 99.1 Å². The molecule has 7 atom stereocenters. The van der Waals surface area contributed by atoms with Gasteiger partial charge in [-0.3, -0.25) is 24.1 Å². The number of pyridine rings is 2. The van der Waals surface area contributed by atoms with E-state index >= 15 is 4.79 Å². The van der Waals surface area contributed by atoms with Crippen LogP contribution in [0.15, 0.2) is 54.7 Å². The van der Waals surface area contributed by atoms with Crippen LogP contribution >= 0.6 is 0 Å². The van der Waals surface area contributed by atoms with Gasteiger partial charge in [-0.05, 0) is 127 Å². The first-order chi connectivity index (χ1) is 29.7. The SMILES string of the molecule is COc1ccc2c(O[C@@H]3C[C@H]4C(=O)N[C@]5(C(=O)NS(=O)(=O)C6CC6)C[C@H]5/C=C\CC[C@H](C)C[C@@H](C)[C@H](NC(=O)NC(C)(C)C)C(=O)N4C3)nc(-c3ccc(OC(C)C)cn3)cc2c1.[HH].[HH].[HH].[HH]. The third kappa shape index (κ3) is 10.7. The van der Waals surface area contributed by atoms with E-state index in [4.69, 9.17) is 19.2 Å². The van der Waals surface area contributed by atoms with Gasteiger partial charge in [0, 0.05) is 29.0 Å². The summed E-state index contributed by atoms with van der Waals surface area (Å²) in [4.78, 5) is 68.2. The maximum Gasteiger partial charge on any atom is 0.315 e. The zero-order valence-electron chi connectivity index (χ0n) is 37.4. The Balaban J connectivity index is 0.00000298. The van der Waals surface area contributed by atoms with Crippen LogP contribution in [-0.2, 0) is 24.4 Å². The van der Waals surface area contributed by atoms with E-state index in [2.05, 4.69) is 32.6 Å². The third-order valence-corrected chi connectivity index (χ3v) is 13.9. The molecule has 63 heavy (non-hydrogen) atoms. The molecule has 1 aromatic carbocycles. The molecular formula is C46H69N7O9S. The number of aromatic nitrogens is 2. The average molecular weight is 896 g/mol. The predicted molar refractivity (Wildman–Crippen MR) is 246 cm³/mol. The number of nitrogens with one attached hydrogen (secondary N) is 4. The zero-order valence-corrected chi connectivity index (χ0v) is 38.2. The molecule has 5 amide bonds. The first-order valence-electron chi connectivity index (χ1n) is 22.0. The van der Waals surface area contributed by atoms with Gasteiger partial charge < -0.3 is 35.1 Å². The van der Waals surface area contributed by atoms with Crippen LogP contribution in [0.5, 0.6) is 17.4 Å². The molecule has 1 saturated heterocycles. The van der Waals surface area contributed by atoms with Crippen molar-refractivity contribution in [2.75, 3.05) is 13.7 Å². The summed E-state index contributed by atoms with van der Waals surface area (Å²) < 4.78 is 46.3. The number of fused-ring (bicyclic) bond motifs is 3. The largest absolute Gasteiger partial charge is 0.497 e. The molecule has 348 valence electrons. The normalized spacial score (nSPS) is 27.2. The Kier molecular flexibility index (Phi) is 13.0. The van der Waals surface area contributed by atoms with E-state index in [9.17, 15) is 22.8 Å². The lowest BCUT2D eigenvalue weighted by Crippen LogP contribution is -2.60. The first-order valence-corrected chi connectivity index (χ1v) is 23.5. The minimum atomic E-state index is -3.93. The number of urea groups is 1. The molecule has 2 aliphatic carbocycles. The van der Waals surface area contributed by atoms with Crippen molar-refractivity contribution in [3.05, 3.63) is 54.7 Å². The molecule has 0 radical (unpaired) electrons. The number of carbonyl (C=O) groups excluding carboxylic acids is 4. The lowest BCUT2D eigenvalue weighted by Gasteiger charge is -2.33. The summed E-state index contributed by atoms with van der Waals surface area (Å²) in [5.41, 5.74) is -1.08. The van der Waals surface area contributed by atoms with Crippen LogP contribution in [-0.4, -0.2) is 101 Å². The van der Waals surface area contributed by atoms with Crippen molar-refractivity contribution in [3.8, 4) is 28.8 Å². The highest BCUT2D eigenvalue weighted by molar-refractivity contribution is 7.91. The molecule has 4 N–H and O–H groups in total. The van der Waals surface area contributed by atoms with Gasteiger partial charge in [0.25, 0.3) is 5.91 Å². The highest BCUT2D eigenvalue weighted by Crippen LogP contribution is 2.46. The number of benzene rings is 1. The van der Waals surface area contributed by atoms with Crippen molar-refractivity contribution in [1.82, 2.24) is 35.5 Å². The highest BCUT2D eigenvalue weighted by Gasteiger charge is 2.62. The number of rotatable bonds is 10. The maximum atomic E-state index is 15.0. The maximum absolute atomic E-state index is 15.0. The van der Waals surface area contributed by atoms with Gasteiger partial charge in [0.15, 0.2) is 0 Å². The van der Waals surface area contributed by atoms with Crippen LogP contribution in [0.4, 0.5) is 4.79 Å². The standard InChI is InChI=1S/C46H61N7O9S.4H2/c1-26(2)61-32-14-18-36(47-24-32)37-21-29-20-31(60-8)13-17-35(29)41(48-37)62-33-22-38-40(54)50-46(43(56)52-63(58,59)34-15-16-34)23-30(46)12-10-9-11-27(3)19-28(4)39(42(55)53(38)25-33)49-44(57)51-45(5,6)7;;;;/h10,12-14,17-18,20-21,24,26-28,30,33-34,38-39H,9,11,15-16,19,22-23,25H2,1-8H3,(H,50,54)(H,52,56)(H2,49,51,57);4*1H/b12-10-;;;;/t27-,28+,30+,33+,38-,39-,46+;;;;/m0..../s1. The van der Waals surface area contributed by atoms with E-state index in [1.165, 1.54) is 4.90 Å². The van der Waals surface area contributed by atoms with Gasteiger partial charge in [-0.15, -0.1) is 0 Å². The number of methoxy groups -OCH3 is 1. The fraction of sp³-hybridized carbons (Fsp3) is 0.565. The van der Waals surface area contributed by atoms with E-state index in [1.807, 2.05) is 78.0 Å². The Labute approximate surface area is 375 Å². The summed E-state index contributed by atoms with van der Waals surface area (Å²) in [7, 11) is -2.35. The fourth-order valence-corrected chi connectivity index (χ4v) is 9.96. The van der Waals surface area contributed by atoms with E-state index in [0.717, 1.165) is 11.8 Å². The lowest BCUT2D eigenvalue weighted by atomic mass is 9.88. The van der Waals surface area contributed by atoms with Crippen LogP contribution in [0.2, 0.25) is 0 Å². The van der Waals surface area contributed by atoms with Gasteiger partial charge >= 0.3 is 6.03 Å². The molecule has 2 saturated carbocycles. The number of carbonyl (C=O) groups is 4. The van der Waals surface area contributed by atoms with Crippen LogP contribution in [0.25, 0.3) is 22.2 Å². The van der Waals surface area contributed by atoms with Gasteiger partial charge in [0.2, 0.25) is 27.7 Å². The second-order valence-electron chi connectivity index (χ2n) is 19.0. The Morgan fingerprint density at radius 1 is 1.02 bits per heavy atom. The summed E-state index contributed by atoms with van der Waals surface area (Å²) in [5.74, 6) is -1.11. The minimum Gasteiger partial charge on any atom is -0.497 e. The quantitative estimate of drug-likeness (QED) is 0.164. The zero-order chi connectivity index (χ0) is 45.4. The van der Waals surface area contributed by atoms with Crippen molar-refractivity contribution in [2.45, 2.75) is 134 Å². The molecule has 4 aliphatic rings. The van der Waals surface area contributed by atoms with Gasteiger partial charge in [-0.1, -0.05) is 26.0 Å². The van der Waals surface area contributed by atoms with Crippen molar-refractivity contribution >= 4 is 44.5 Å². The summed E-state index contributed by atoms with van der Waals surface area (Å²) in [6, 6.07) is 8.26. The van der Waals surface area contributed by atoms with E-state index in [1.54, 1.807) is 25.4 Å². The monoisotopic (exact) mass is 895 g/mol. The number of nitrogens with zero attached hydrogens (tertiary/aromatic N) is 3. The molecule has 3 aromatic rings. The van der Waals surface area contributed by atoms with Crippen molar-refractivity contribution in [1.29, 1.82) is 0 Å². The second-order valence-corrected chi connectivity index (χ2v) is 21.0. The van der Waals surface area contributed by atoms with Crippen LogP contribution in [0.3, 0.4) is 0 Å². The average Bonchev–Trinajstić information content (AvgIpc) is 4.14. The smallest absolute Gasteiger partial charge is 0.315 e. The molecule has 7 rings (SSSR count). The van der Waals surface area contributed by atoms with Crippen molar-refractivity contribution in [3.63, 3.8) is 0 Å². The van der Waals surface area contributed by atoms with Gasteiger partial charge in [0.1, 0.15) is 35.2 Å². The Morgan fingerprint density at radius 3 is 2.43 bits per heavy atom. The van der Waals surface area contributed by atoms with Gasteiger partial charge in [-0.25, -0.2) is 18.2 Å². The molecule has 2 aliphatic heterocycles. The molecule has 0 bridgehead atoms. The first kappa shape index (κ1) is 45.6. The number of allylic oxidation sites excluding steroid dienone is 1. The number of ether oxygens (including phenoxy) is 3. The van der Waals surface area contributed by atoms with Crippen LogP contribution in [0, 0.1) is 17.8 Å². The molecule has 3 fully saturated rings. The Hall–Kier alpha value is -5.45. The number of hydrogen-bond donors (Lipinski definition) is 4. The highest BCUT2D eigenvalue weighted by atomic mass is 32.2. The number of amides is 5. The van der Waals surface area contributed by atoms with Gasteiger partial charge in [-0.2, -0.15) is 0 Å². The summed E-state index contributed by atoms with van der Waals surface area (Å²) in [5, 5.41) is 9.52. The lowest BCUT2D eigenvalue weighted by molar-refractivity contribution is -0.142. The minimum absolute atomic E-state index is 0. The molecule has 2 aromatic heterocycles. The van der Waals surface area contributed by atoms with E-state index in [-0.39, 0.29) is 48.9 Å². The van der Waals surface area contributed by atoms with Crippen LogP contribution < -0.4 is 34.9 Å². The topological polar surface area (TPSA) is 207 Å². The molecule has 17 heteroatoms. The fourth-order valence-electron chi connectivity index (χ4n) is 8.60. The summed E-state index contributed by atoms with van der Waals surface area (Å²) in [6.07, 6.45) is 7.82. The predicted octanol–water partition coefficient (Wildman–Crippen LogP) is 6.39. The second kappa shape index (κ2) is 18.0. The Bertz CT molecular complexity index is 2380. The number of hydrogen-bond acceptors (Lipinski definition) is 11. The third-order valence-electron chi connectivity index (χ3n) is 12.0. The summed E-state index contributed by atoms with van der Waals surface area (Å²) >= 11 is 0. The van der Waals surface area contributed by atoms with Crippen molar-refractivity contribution in [2.24, 2.45) is 17.8 Å². The molecular weight excluding hydrogens is 827 g/mol. The molecule has 0 spiro atoms. The summed E-state index contributed by atoms with van der Waals surface area (Å²) in [6.45, 7) is 13.3. The van der Waals surface area contributed by atoms with Crippen molar-refractivity contribution < 1.29 is 47.5 Å². The molecule has 0 unspecified atom stereocenters. The molecule has 4 heterocycles.